The molecule has 0 radical (unpaired) electrons. The van der Waals surface area contributed by atoms with Crippen LogP contribution in [0.1, 0.15) is 33.3 Å². The fourth-order valence-electron chi connectivity index (χ4n) is 2.87. The van der Waals surface area contributed by atoms with Crippen molar-refractivity contribution in [3.05, 3.63) is 54.1 Å². The Hall–Kier alpha value is -2.04. The van der Waals surface area contributed by atoms with E-state index in [0.717, 1.165) is 22.4 Å². The van der Waals surface area contributed by atoms with Gasteiger partial charge in [0, 0.05) is 24.2 Å². The van der Waals surface area contributed by atoms with Gasteiger partial charge in [-0.3, -0.25) is 4.79 Å². The van der Waals surface area contributed by atoms with Crippen molar-refractivity contribution in [1.29, 1.82) is 0 Å². The first-order chi connectivity index (χ1) is 12.3. The molecule has 0 saturated heterocycles. The summed E-state index contributed by atoms with van der Waals surface area (Å²) in [5.41, 5.74) is 9.17. The van der Waals surface area contributed by atoms with Crippen molar-refractivity contribution in [1.82, 2.24) is 4.90 Å². The van der Waals surface area contributed by atoms with Crippen molar-refractivity contribution in [2.24, 2.45) is 11.7 Å². The highest BCUT2D eigenvalue weighted by molar-refractivity contribution is 5.85. The first kappa shape index (κ1) is 23.0. The molecular formula is C22H31ClN2O2. The molecule has 5 heteroatoms. The maximum atomic E-state index is 12.7. The fourth-order valence-corrected chi connectivity index (χ4v) is 2.87. The maximum absolute atomic E-state index is 12.7. The van der Waals surface area contributed by atoms with Crippen molar-refractivity contribution >= 4 is 18.3 Å². The Labute approximate surface area is 169 Å². The van der Waals surface area contributed by atoms with E-state index in [2.05, 4.69) is 24.3 Å². The predicted molar refractivity (Wildman–Crippen MR) is 114 cm³/mol. The number of para-hydroxylation sites is 1. The topological polar surface area (TPSA) is 55.6 Å². The molecule has 0 aliphatic rings. The van der Waals surface area contributed by atoms with E-state index in [4.69, 9.17) is 10.5 Å². The lowest BCUT2D eigenvalue weighted by Gasteiger charge is -2.31. The summed E-state index contributed by atoms with van der Waals surface area (Å²) in [5, 5.41) is 0. The summed E-state index contributed by atoms with van der Waals surface area (Å²) in [7, 11) is 1.68. The molecule has 0 aliphatic heterocycles. The summed E-state index contributed by atoms with van der Waals surface area (Å²) in [6, 6.07) is 16.2. The van der Waals surface area contributed by atoms with Crippen LogP contribution in [-0.2, 0) is 11.3 Å². The van der Waals surface area contributed by atoms with Crippen molar-refractivity contribution in [3.63, 3.8) is 0 Å². The van der Waals surface area contributed by atoms with Gasteiger partial charge < -0.3 is 15.4 Å². The first-order valence-electron chi connectivity index (χ1n) is 9.13. The average Bonchev–Trinajstić information content (AvgIpc) is 2.65. The Morgan fingerprint density at radius 2 is 1.63 bits per heavy atom. The molecule has 2 aromatic carbocycles. The SMILES string of the molecule is COc1ccccc1-c1ccc(CN(C(=O)C(C)C(C)N)C(C)C)cc1.Cl. The third-order valence-electron chi connectivity index (χ3n) is 4.81. The first-order valence-corrected chi connectivity index (χ1v) is 9.13. The maximum Gasteiger partial charge on any atom is 0.227 e. The van der Waals surface area contributed by atoms with Crippen LogP contribution in [0.5, 0.6) is 5.75 Å². The second-order valence-electron chi connectivity index (χ2n) is 7.10. The second kappa shape index (κ2) is 10.3. The molecule has 2 rings (SSSR count). The van der Waals surface area contributed by atoms with Gasteiger partial charge in [0.2, 0.25) is 5.91 Å². The molecule has 2 atom stereocenters. The minimum Gasteiger partial charge on any atom is -0.496 e. The van der Waals surface area contributed by atoms with Gasteiger partial charge in [0.25, 0.3) is 0 Å². The highest BCUT2D eigenvalue weighted by atomic mass is 35.5. The van der Waals surface area contributed by atoms with E-state index >= 15 is 0 Å². The molecule has 0 aromatic heterocycles. The number of amides is 1. The van der Waals surface area contributed by atoms with Crippen LogP contribution < -0.4 is 10.5 Å². The molecule has 1 amide bonds. The highest BCUT2D eigenvalue weighted by Gasteiger charge is 2.25. The number of rotatable bonds is 7. The standard InChI is InChI=1S/C22H30N2O2.ClH/c1-15(2)24(22(25)16(3)17(4)23)14-18-10-12-19(13-11-18)20-8-6-7-9-21(20)26-5;/h6-13,15-17H,14,23H2,1-5H3;1H. The minimum atomic E-state index is -0.190. The van der Waals surface area contributed by atoms with Crippen molar-refractivity contribution in [2.45, 2.75) is 46.3 Å². The molecular weight excluding hydrogens is 360 g/mol. The van der Waals surface area contributed by atoms with Crippen molar-refractivity contribution < 1.29 is 9.53 Å². The summed E-state index contributed by atoms with van der Waals surface area (Å²) >= 11 is 0. The number of nitrogens with two attached hydrogens (primary N) is 1. The molecule has 27 heavy (non-hydrogen) atoms. The molecule has 0 heterocycles. The van der Waals surface area contributed by atoms with Crippen LogP contribution in [0, 0.1) is 5.92 Å². The van der Waals surface area contributed by atoms with Gasteiger partial charge in [-0.1, -0.05) is 49.4 Å². The number of hydrogen-bond acceptors (Lipinski definition) is 3. The Morgan fingerprint density at radius 3 is 2.15 bits per heavy atom. The van der Waals surface area contributed by atoms with Gasteiger partial charge in [0.1, 0.15) is 5.75 Å². The van der Waals surface area contributed by atoms with Gasteiger partial charge in [0.05, 0.1) is 13.0 Å². The number of benzene rings is 2. The quantitative estimate of drug-likeness (QED) is 0.756. The molecule has 148 valence electrons. The molecule has 2 N–H and O–H groups in total. The van der Waals surface area contributed by atoms with Crippen LogP contribution in [0.4, 0.5) is 0 Å². The lowest BCUT2D eigenvalue weighted by atomic mass is 10.0. The van der Waals surface area contributed by atoms with Gasteiger partial charge in [-0.25, -0.2) is 0 Å². The number of ether oxygens (including phenoxy) is 1. The van der Waals surface area contributed by atoms with Crippen LogP contribution in [-0.4, -0.2) is 30.0 Å². The van der Waals surface area contributed by atoms with Crippen LogP contribution >= 0.6 is 12.4 Å². The Balaban J connectivity index is 0.00000364. The summed E-state index contributed by atoms with van der Waals surface area (Å²) in [6.45, 7) is 8.43. The number of carbonyl (C=O) groups excluding carboxylic acids is 1. The highest BCUT2D eigenvalue weighted by Crippen LogP contribution is 2.29. The monoisotopic (exact) mass is 390 g/mol. The van der Waals surface area contributed by atoms with E-state index in [1.807, 2.05) is 56.9 Å². The largest absolute Gasteiger partial charge is 0.496 e. The van der Waals surface area contributed by atoms with E-state index in [1.54, 1.807) is 7.11 Å². The summed E-state index contributed by atoms with van der Waals surface area (Å²) < 4.78 is 5.44. The van der Waals surface area contributed by atoms with Crippen LogP contribution in [0.3, 0.4) is 0 Å². The van der Waals surface area contributed by atoms with E-state index in [-0.39, 0.29) is 36.3 Å². The van der Waals surface area contributed by atoms with E-state index < -0.39 is 0 Å². The molecule has 0 fully saturated rings. The summed E-state index contributed by atoms with van der Waals surface area (Å²) in [5.74, 6) is 0.763. The fraction of sp³-hybridized carbons (Fsp3) is 0.409. The van der Waals surface area contributed by atoms with Gasteiger partial charge in [-0.15, -0.1) is 12.4 Å². The Kier molecular flexibility index (Phi) is 8.80. The summed E-state index contributed by atoms with van der Waals surface area (Å²) in [6.07, 6.45) is 0. The average molecular weight is 391 g/mol. The van der Waals surface area contributed by atoms with E-state index in [0.29, 0.717) is 6.54 Å². The summed E-state index contributed by atoms with van der Waals surface area (Å²) in [4.78, 5) is 14.6. The third-order valence-corrected chi connectivity index (χ3v) is 4.81. The molecule has 0 saturated carbocycles. The van der Waals surface area contributed by atoms with Gasteiger partial charge in [-0.05, 0) is 38.0 Å². The molecule has 0 bridgehead atoms. The molecule has 0 spiro atoms. The van der Waals surface area contributed by atoms with Gasteiger partial charge in [-0.2, -0.15) is 0 Å². The molecule has 0 aliphatic carbocycles. The number of carbonyl (C=O) groups is 1. The lowest BCUT2D eigenvalue weighted by Crippen LogP contribution is -2.44. The van der Waals surface area contributed by atoms with Crippen LogP contribution in [0.15, 0.2) is 48.5 Å². The lowest BCUT2D eigenvalue weighted by molar-refractivity contribution is -0.137. The Bertz CT molecular complexity index is 729. The third kappa shape index (κ3) is 5.72. The van der Waals surface area contributed by atoms with Crippen molar-refractivity contribution in [3.8, 4) is 16.9 Å². The second-order valence-corrected chi connectivity index (χ2v) is 7.10. The van der Waals surface area contributed by atoms with Crippen LogP contribution in [0.2, 0.25) is 0 Å². The van der Waals surface area contributed by atoms with E-state index in [9.17, 15) is 4.79 Å². The number of methoxy groups -OCH3 is 1. The van der Waals surface area contributed by atoms with Crippen LogP contribution in [0.25, 0.3) is 11.1 Å². The molecule has 2 aromatic rings. The zero-order valence-corrected chi connectivity index (χ0v) is 17.6. The number of nitrogens with zero attached hydrogens (tertiary/aromatic N) is 1. The smallest absolute Gasteiger partial charge is 0.227 e. The molecule has 4 nitrogen and oxygen atoms in total. The molecule has 2 unspecified atom stereocenters. The Morgan fingerprint density at radius 1 is 1.04 bits per heavy atom. The zero-order chi connectivity index (χ0) is 19.3. The number of hydrogen-bond donors (Lipinski definition) is 1. The normalized spacial score (nSPS) is 12.9. The minimum absolute atomic E-state index is 0. The van der Waals surface area contributed by atoms with Gasteiger partial charge in [0.15, 0.2) is 0 Å². The van der Waals surface area contributed by atoms with Crippen molar-refractivity contribution in [2.75, 3.05) is 7.11 Å². The zero-order valence-electron chi connectivity index (χ0n) is 16.8. The predicted octanol–water partition coefficient (Wildman–Crippen LogP) is 4.50. The number of halogens is 1. The van der Waals surface area contributed by atoms with Gasteiger partial charge >= 0.3 is 0 Å². The van der Waals surface area contributed by atoms with E-state index in [1.165, 1.54) is 0 Å².